The fraction of sp³-hybridized carbons (Fsp3) is 0.394. The lowest BCUT2D eigenvalue weighted by Crippen LogP contribution is -2.43. The van der Waals surface area contributed by atoms with E-state index >= 15 is 0 Å². The van der Waals surface area contributed by atoms with Gasteiger partial charge in [-0.1, -0.05) is 0 Å². The Balaban J connectivity index is 1.25. The molecule has 0 radical (unpaired) electrons. The van der Waals surface area contributed by atoms with E-state index in [4.69, 9.17) is 20.2 Å². The van der Waals surface area contributed by atoms with Gasteiger partial charge in [0, 0.05) is 16.7 Å². The molecule has 0 unspecified atom stereocenters. The van der Waals surface area contributed by atoms with E-state index in [-0.39, 0.29) is 60.2 Å². The average Bonchev–Trinajstić information content (AvgIpc) is 3.95. The Kier molecular flexibility index (Phi) is 7.66. The van der Waals surface area contributed by atoms with Crippen molar-refractivity contribution in [3.63, 3.8) is 0 Å². The van der Waals surface area contributed by atoms with E-state index < -0.39 is 23.7 Å². The van der Waals surface area contributed by atoms with Gasteiger partial charge in [0.15, 0.2) is 11.5 Å². The summed E-state index contributed by atoms with van der Waals surface area (Å²) >= 11 is 1.46. The highest BCUT2D eigenvalue weighted by Crippen LogP contribution is 2.48. The van der Waals surface area contributed by atoms with E-state index in [2.05, 4.69) is 19.8 Å². The summed E-state index contributed by atoms with van der Waals surface area (Å²) in [6.07, 6.45) is -0.723. The van der Waals surface area contributed by atoms with Crippen LogP contribution in [0, 0.1) is 12.8 Å². The summed E-state index contributed by atoms with van der Waals surface area (Å²) in [5.74, 6) is -0.926. The molecule has 246 valence electrons. The molecule has 11 nitrogen and oxygen atoms in total. The number of amides is 2. The van der Waals surface area contributed by atoms with Gasteiger partial charge in [0.1, 0.15) is 28.3 Å². The number of pyridine rings is 1. The minimum atomic E-state index is -3.82. The van der Waals surface area contributed by atoms with Crippen molar-refractivity contribution >= 4 is 33.4 Å². The molecule has 7 rings (SSSR count). The van der Waals surface area contributed by atoms with Crippen molar-refractivity contribution in [2.75, 3.05) is 13.2 Å². The standard InChI is InChI=1S/C33H32F2N4O7S/c1-3-43-30-18(14-27(36)40)13-26(39-28(30)17-4-9-22-23(10-17)46-33(34,35)45-22)32(42,20-5-6-20)15-37-31(41)19-11-24(44-21-7-8-21)29-25(12-19)47-16(2)38-29/h4,9-13,20-21,42H,3,5-8,14-15H2,1-2H3,(H2,36,40)(H,37,41)/t32-/m1/s1. The maximum Gasteiger partial charge on any atom is 0.586 e. The number of aryl methyl sites for hydroxylation is 1. The van der Waals surface area contributed by atoms with Crippen LogP contribution < -0.4 is 30.0 Å². The molecule has 1 atom stereocenters. The van der Waals surface area contributed by atoms with E-state index in [0.29, 0.717) is 40.8 Å². The molecule has 0 saturated heterocycles. The SMILES string of the molecule is CCOc1c(CC(N)=O)cc([C@@](O)(CNC(=O)c2cc(OC3CC3)c3nc(C)sc3c2)C2CC2)nc1-c1ccc2c(c1)OC(F)(F)O2. The second kappa shape index (κ2) is 11.6. The summed E-state index contributed by atoms with van der Waals surface area (Å²) in [5, 5.41) is 16.0. The van der Waals surface area contributed by atoms with Crippen LogP contribution in [0.2, 0.25) is 0 Å². The summed E-state index contributed by atoms with van der Waals surface area (Å²) < 4.78 is 49.6. The second-order valence-corrected chi connectivity index (χ2v) is 13.2. The number of alkyl halides is 2. The van der Waals surface area contributed by atoms with Crippen LogP contribution in [0.5, 0.6) is 23.0 Å². The molecule has 2 fully saturated rings. The first-order valence-electron chi connectivity index (χ1n) is 15.4. The number of thiazole rings is 1. The number of aromatic nitrogens is 2. The summed E-state index contributed by atoms with van der Waals surface area (Å²) in [7, 11) is 0. The maximum absolute atomic E-state index is 13.8. The van der Waals surface area contributed by atoms with Crippen molar-refractivity contribution in [3.8, 4) is 34.3 Å². The van der Waals surface area contributed by atoms with Crippen LogP contribution in [0.1, 0.15) is 59.2 Å². The fourth-order valence-corrected chi connectivity index (χ4v) is 6.63. The zero-order chi connectivity index (χ0) is 33.1. The Bertz CT molecular complexity index is 1910. The van der Waals surface area contributed by atoms with E-state index in [9.17, 15) is 23.5 Å². The van der Waals surface area contributed by atoms with Crippen molar-refractivity contribution < 1.29 is 42.4 Å². The van der Waals surface area contributed by atoms with Gasteiger partial charge in [0.2, 0.25) is 5.91 Å². The normalized spacial score (nSPS) is 17.7. The zero-order valence-corrected chi connectivity index (χ0v) is 26.4. The Morgan fingerprint density at radius 1 is 1.13 bits per heavy atom. The number of rotatable bonds is 12. The molecule has 14 heteroatoms. The lowest BCUT2D eigenvalue weighted by atomic mass is 9.90. The number of hydrogen-bond acceptors (Lipinski definition) is 10. The van der Waals surface area contributed by atoms with Gasteiger partial charge in [0.05, 0.1) is 41.1 Å². The molecule has 3 aliphatic rings. The van der Waals surface area contributed by atoms with Crippen LogP contribution in [-0.2, 0) is 16.8 Å². The lowest BCUT2D eigenvalue weighted by Gasteiger charge is -2.30. The largest absolute Gasteiger partial charge is 0.586 e. The quantitative estimate of drug-likeness (QED) is 0.190. The fourth-order valence-electron chi connectivity index (χ4n) is 5.74. The highest BCUT2D eigenvalue weighted by atomic mass is 32.1. The van der Waals surface area contributed by atoms with Gasteiger partial charge < -0.3 is 35.1 Å². The van der Waals surface area contributed by atoms with Gasteiger partial charge in [-0.05, 0) is 81.8 Å². The summed E-state index contributed by atoms with van der Waals surface area (Å²) in [4.78, 5) is 35.1. The zero-order valence-electron chi connectivity index (χ0n) is 25.6. The van der Waals surface area contributed by atoms with Gasteiger partial charge in [0.25, 0.3) is 5.91 Å². The van der Waals surface area contributed by atoms with Crippen LogP contribution in [0.15, 0.2) is 36.4 Å². The third-order valence-corrected chi connectivity index (χ3v) is 9.16. The van der Waals surface area contributed by atoms with Gasteiger partial charge in [-0.2, -0.15) is 0 Å². The van der Waals surface area contributed by atoms with Crippen molar-refractivity contribution in [1.29, 1.82) is 0 Å². The van der Waals surface area contributed by atoms with Crippen LogP contribution in [0.25, 0.3) is 21.5 Å². The van der Waals surface area contributed by atoms with Crippen molar-refractivity contribution in [3.05, 3.63) is 58.2 Å². The Hall–Kier alpha value is -4.56. The molecular formula is C33H32F2N4O7S. The number of carbonyl (C=O) groups is 2. The average molecular weight is 667 g/mol. The van der Waals surface area contributed by atoms with Gasteiger partial charge in [-0.15, -0.1) is 20.1 Å². The van der Waals surface area contributed by atoms with E-state index in [0.717, 1.165) is 22.5 Å². The van der Waals surface area contributed by atoms with E-state index in [1.807, 2.05) is 6.92 Å². The number of aliphatic hydroxyl groups is 1. The molecule has 2 aromatic carbocycles. The third kappa shape index (κ3) is 6.26. The van der Waals surface area contributed by atoms with Crippen LogP contribution in [-0.4, -0.2) is 52.4 Å². The van der Waals surface area contributed by atoms with Crippen LogP contribution >= 0.6 is 11.3 Å². The molecule has 3 heterocycles. The van der Waals surface area contributed by atoms with Crippen molar-refractivity contribution in [2.24, 2.45) is 11.7 Å². The smallest absolute Gasteiger partial charge is 0.491 e. The van der Waals surface area contributed by atoms with Crippen LogP contribution in [0.3, 0.4) is 0 Å². The van der Waals surface area contributed by atoms with Crippen molar-refractivity contribution in [1.82, 2.24) is 15.3 Å². The Morgan fingerprint density at radius 2 is 1.89 bits per heavy atom. The number of nitrogens with one attached hydrogen (secondary N) is 1. The number of benzene rings is 2. The lowest BCUT2D eigenvalue weighted by molar-refractivity contribution is -0.286. The molecule has 0 spiro atoms. The predicted octanol–water partition coefficient (Wildman–Crippen LogP) is 4.98. The predicted molar refractivity (Wildman–Crippen MR) is 167 cm³/mol. The Labute approximate surface area is 272 Å². The summed E-state index contributed by atoms with van der Waals surface area (Å²) in [5.41, 5.74) is 6.04. The first-order valence-corrected chi connectivity index (χ1v) is 16.2. The molecule has 4 N–H and O–H groups in total. The molecule has 2 amide bonds. The number of primary amides is 1. The minimum Gasteiger partial charge on any atom is -0.491 e. The number of fused-ring (bicyclic) bond motifs is 2. The summed E-state index contributed by atoms with van der Waals surface area (Å²) in [6.45, 7) is 3.64. The minimum absolute atomic E-state index is 0.106. The van der Waals surface area contributed by atoms with Crippen molar-refractivity contribution in [2.45, 2.75) is 64.0 Å². The highest BCUT2D eigenvalue weighted by Gasteiger charge is 2.47. The van der Waals surface area contributed by atoms with E-state index in [1.54, 1.807) is 25.1 Å². The molecule has 0 bridgehead atoms. The Morgan fingerprint density at radius 3 is 2.60 bits per heavy atom. The second-order valence-electron chi connectivity index (χ2n) is 12.0. The molecular weight excluding hydrogens is 634 g/mol. The monoisotopic (exact) mass is 666 g/mol. The van der Waals surface area contributed by atoms with Gasteiger partial charge >= 0.3 is 6.29 Å². The number of halogens is 2. The number of hydrogen-bond donors (Lipinski definition) is 3. The molecule has 4 aromatic rings. The molecule has 2 aliphatic carbocycles. The number of ether oxygens (including phenoxy) is 4. The number of nitrogens with two attached hydrogens (primary N) is 1. The molecule has 2 aromatic heterocycles. The highest BCUT2D eigenvalue weighted by molar-refractivity contribution is 7.18. The maximum atomic E-state index is 13.8. The number of nitrogens with zero attached hydrogens (tertiary/aromatic N) is 2. The molecule has 47 heavy (non-hydrogen) atoms. The van der Waals surface area contributed by atoms with Crippen LogP contribution in [0.4, 0.5) is 8.78 Å². The number of carbonyl (C=O) groups excluding carboxylic acids is 2. The topological polar surface area (TPSA) is 155 Å². The third-order valence-electron chi connectivity index (χ3n) is 8.24. The molecule has 2 saturated carbocycles. The molecule has 1 aliphatic heterocycles. The first kappa shape index (κ1) is 31.1. The summed E-state index contributed by atoms with van der Waals surface area (Å²) in [6, 6.07) is 9.13. The van der Waals surface area contributed by atoms with Gasteiger partial charge in [-0.3, -0.25) is 9.59 Å². The first-order chi connectivity index (χ1) is 22.4. The van der Waals surface area contributed by atoms with E-state index in [1.165, 1.54) is 29.5 Å². The van der Waals surface area contributed by atoms with Gasteiger partial charge in [-0.25, -0.2) is 9.97 Å².